The number of nitrogens with one attached hydrogen (secondary N) is 4. The number of aliphatic hydroxyl groups is 1. The van der Waals surface area contributed by atoms with Gasteiger partial charge in [0.25, 0.3) is 0 Å². The Morgan fingerprint density at radius 1 is 0.721 bits per heavy atom. The van der Waals surface area contributed by atoms with Crippen molar-refractivity contribution in [1.29, 1.82) is 0 Å². The van der Waals surface area contributed by atoms with Crippen molar-refractivity contribution in [3.8, 4) is 0 Å². The number of hydrogen-bond acceptors (Lipinski definition) is 6. The summed E-state index contributed by atoms with van der Waals surface area (Å²) in [5.74, 6) is -2.82. The van der Waals surface area contributed by atoms with E-state index in [9.17, 15) is 29.1 Å². The van der Waals surface area contributed by atoms with Crippen LogP contribution in [0.5, 0.6) is 0 Å². The van der Waals surface area contributed by atoms with Crippen molar-refractivity contribution in [2.45, 2.75) is 88.4 Å². The van der Waals surface area contributed by atoms with Crippen LogP contribution >= 0.6 is 0 Å². The highest BCUT2D eigenvalue weighted by atomic mass is 16.3. The smallest absolute Gasteiger partial charge is 0.245 e. The second-order valence-electron chi connectivity index (χ2n) is 10.9. The van der Waals surface area contributed by atoms with Crippen LogP contribution in [0, 0.1) is 0 Å². The van der Waals surface area contributed by atoms with Gasteiger partial charge < -0.3 is 32.1 Å². The summed E-state index contributed by atoms with van der Waals surface area (Å²) >= 11 is 0. The molecular formula is C32H43N5O6. The van der Waals surface area contributed by atoms with Gasteiger partial charge in [0, 0.05) is 25.3 Å². The standard InChI is InChI=1S/C32H43N5O6/c33-28(39)18-17-25(30(41)34-24-14-8-3-9-15-24)36-31(42)26(20-23-12-6-2-7-13-23)37-32(43)27(21-38)35-29(40)19-16-22-10-4-1-5-11-22/h1-2,4-7,10-13,24-27,38H,3,8-9,14-21H2,(H2,33,39)(H,34,41)(H,35,40)(H,36,42)(H,37,43)/t25-,26-,27-/m0/s1. The van der Waals surface area contributed by atoms with Gasteiger partial charge in [-0.05, 0) is 36.8 Å². The van der Waals surface area contributed by atoms with Crippen molar-refractivity contribution in [3.63, 3.8) is 0 Å². The lowest BCUT2D eigenvalue weighted by Crippen LogP contribution is -2.58. The summed E-state index contributed by atoms with van der Waals surface area (Å²) in [6.45, 7) is -0.673. The highest BCUT2D eigenvalue weighted by Crippen LogP contribution is 2.18. The van der Waals surface area contributed by atoms with E-state index in [0.717, 1.165) is 43.2 Å². The Labute approximate surface area is 252 Å². The largest absolute Gasteiger partial charge is 0.394 e. The van der Waals surface area contributed by atoms with Crippen LogP contribution < -0.4 is 27.0 Å². The number of hydrogen-bond donors (Lipinski definition) is 6. The molecule has 3 rings (SSSR count). The SMILES string of the molecule is NC(=O)CC[C@H](NC(=O)[C@H](Cc1ccccc1)NC(=O)[C@H](CO)NC(=O)CCc1ccccc1)C(=O)NC1CCCCC1. The molecule has 1 fully saturated rings. The first-order chi connectivity index (χ1) is 20.7. The molecular weight excluding hydrogens is 550 g/mol. The number of benzene rings is 2. The summed E-state index contributed by atoms with van der Waals surface area (Å²) < 4.78 is 0. The van der Waals surface area contributed by atoms with Crippen LogP contribution in [-0.4, -0.2) is 65.4 Å². The zero-order valence-electron chi connectivity index (χ0n) is 24.4. The van der Waals surface area contributed by atoms with Gasteiger partial charge in [-0.25, -0.2) is 0 Å². The molecule has 0 spiro atoms. The molecule has 1 saturated carbocycles. The molecule has 0 aliphatic heterocycles. The molecule has 0 bridgehead atoms. The second kappa shape index (κ2) is 17.6. The van der Waals surface area contributed by atoms with Crippen molar-refractivity contribution >= 4 is 29.5 Å². The average Bonchev–Trinajstić information content (AvgIpc) is 3.01. The lowest BCUT2D eigenvalue weighted by Gasteiger charge is -2.27. The molecule has 0 saturated heterocycles. The van der Waals surface area contributed by atoms with Gasteiger partial charge in [-0.1, -0.05) is 79.9 Å². The first-order valence-electron chi connectivity index (χ1n) is 14.9. The van der Waals surface area contributed by atoms with E-state index in [4.69, 9.17) is 5.73 Å². The van der Waals surface area contributed by atoms with Crippen LogP contribution in [0.3, 0.4) is 0 Å². The van der Waals surface area contributed by atoms with E-state index in [1.807, 2.05) is 36.4 Å². The average molecular weight is 594 g/mol. The monoisotopic (exact) mass is 593 g/mol. The molecule has 5 amide bonds. The third-order valence-electron chi connectivity index (χ3n) is 7.50. The Hall–Kier alpha value is -4.25. The number of nitrogens with two attached hydrogens (primary N) is 1. The summed E-state index contributed by atoms with van der Waals surface area (Å²) in [5.41, 5.74) is 7.03. The first kappa shape index (κ1) is 33.3. The Balaban J connectivity index is 1.69. The van der Waals surface area contributed by atoms with Crippen LogP contribution in [0.25, 0.3) is 0 Å². The lowest BCUT2D eigenvalue weighted by atomic mass is 9.95. The Bertz CT molecular complexity index is 1200. The van der Waals surface area contributed by atoms with Crippen LogP contribution in [0.15, 0.2) is 60.7 Å². The maximum absolute atomic E-state index is 13.6. The van der Waals surface area contributed by atoms with Gasteiger partial charge in [-0.3, -0.25) is 24.0 Å². The van der Waals surface area contributed by atoms with Crippen LogP contribution in [0.1, 0.15) is 62.5 Å². The highest BCUT2D eigenvalue weighted by Gasteiger charge is 2.30. The van der Waals surface area contributed by atoms with Crippen molar-refractivity contribution in [2.24, 2.45) is 5.73 Å². The topological polar surface area (TPSA) is 180 Å². The van der Waals surface area contributed by atoms with E-state index in [0.29, 0.717) is 6.42 Å². The summed E-state index contributed by atoms with van der Waals surface area (Å²) in [6, 6.07) is 14.9. The van der Waals surface area contributed by atoms with Crippen molar-refractivity contribution < 1.29 is 29.1 Å². The summed E-state index contributed by atoms with van der Waals surface area (Å²) in [4.78, 5) is 63.9. The van der Waals surface area contributed by atoms with Gasteiger partial charge in [0.1, 0.15) is 18.1 Å². The zero-order valence-corrected chi connectivity index (χ0v) is 24.4. The van der Waals surface area contributed by atoms with Gasteiger partial charge in [0.2, 0.25) is 29.5 Å². The molecule has 11 heteroatoms. The molecule has 0 heterocycles. The van der Waals surface area contributed by atoms with E-state index >= 15 is 0 Å². The fourth-order valence-corrected chi connectivity index (χ4v) is 5.07. The fraction of sp³-hybridized carbons (Fsp3) is 0.469. The van der Waals surface area contributed by atoms with E-state index in [-0.39, 0.29) is 31.7 Å². The van der Waals surface area contributed by atoms with Gasteiger partial charge >= 0.3 is 0 Å². The molecule has 1 aliphatic rings. The molecule has 11 nitrogen and oxygen atoms in total. The van der Waals surface area contributed by atoms with E-state index in [1.54, 1.807) is 24.3 Å². The molecule has 0 radical (unpaired) electrons. The maximum atomic E-state index is 13.6. The quantitative estimate of drug-likeness (QED) is 0.169. The lowest BCUT2D eigenvalue weighted by molar-refractivity contribution is -0.134. The van der Waals surface area contributed by atoms with Crippen LogP contribution in [0.4, 0.5) is 0 Å². The normalized spacial score (nSPS) is 15.4. The number of rotatable bonds is 16. The predicted molar refractivity (Wildman–Crippen MR) is 161 cm³/mol. The number of aliphatic hydroxyl groups excluding tert-OH is 1. The van der Waals surface area contributed by atoms with Gasteiger partial charge in [-0.15, -0.1) is 0 Å². The van der Waals surface area contributed by atoms with Crippen LogP contribution in [0.2, 0.25) is 0 Å². The number of carbonyl (C=O) groups excluding carboxylic acids is 5. The first-order valence-corrected chi connectivity index (χ1v) is 14.9. The maximum Gasteiger partial charge on any atom is 0.245 e. The van der Waals surface area contributed by atoms with Crippen molar-refractivity contribution in [1.82, 2.24) is 21.3 Å². The van der Waals surface area contributed by atoms with Gasteiger partial charge in [-0.2, -0.15) is 0 Å². The Kier molecular flexibility index (Phi) is 13.6. The minimum Gasteiger partial charge on any atom is -0.394 e. The third kappa shape index (κ3) is 11.9. The molecule has 0 unspecified atom stereocenters. The number of carbonyl (C=O) groups is 5. The molecule has 1 aliphatic carbocycles. The van der Waals surface area contributed by atoms with Crippen LogP contribution in [-0.2, 0) is 36.8 Å². The molecule has 3 atom stereocenters. The fourth-order valence-electron chi connectivity index (χ4n) is 5.07. The Morgan fingerprint density at radius 2 is 1.30 bits per heavy atom. The number of aryl methyl sites for hydroxylation is 1. The molecule has 2 aromatic rings. The number of primary amides is 1. The zero-order chi connectivity index (χ0) is 31.0. The summed E-state index contributed by atoms with van der Waals surface area (Å²) in [7, 11) is 0. The van der Waals surface area contributed by atoms with Crippen molar-refractivity contribution in [2.75, 3.05) is 6.61 Å². The highest BCUT2D eigenvalue weighted by molar-refractivity contribution is 5.94. The third-order valence-corrected chi connectivity index (χ3v) is 7.50. The van der Waals surface area contributed by atoms with Gasteiger partial charge in [0.05, 0.1) is 6.61 Å². The molecule has 43 heavy (non-hydrogen) atoms. The van der Waals surface area contributed by atoms with E-state index in [2.05, 4.69) is 21.3 Å². The van der Waals surface area contributed by atoms with Gasteiger partial charge in [0.15, 0.2) is 0 Å². The van der Waals surface area contributed by atoms with E-state index in [1.165, 1.54) is 0 Å². The summed E-state index contributed by atoms with van der Waals surface area (Å²) in [5, 5.41) is 20.7. The van der Waals surface area contributed by atoms with E-state index < -0.39 is 54.3 Å². The Morgan fingerprint density at radius 3 is 1.91 bits per heavy atom. The molecule has 0 aromatic heterocycles. The predicted octanol–water partition coefficient (Wildman–Crippen LogP) is 1.02. The number of amides is 5. The molecule has 2 aromatic carbocycles. The second-order valence-corrected chi connectivity index (χ2v) is 10.9. The summed E-state index contributed by atoms with van der Waals surface area (Å²) in [6.07, 6.45) is 5.35. The van der Waals surface area contributed by atoms with Crippen molar-refractivity contribution in [3.05, 3.63) is 71.8 Å². The molecule has 232 valence electrons. The minimum atomic E-state index is -1.28. The molecule has 7 N–H and O–H groups in total. The minimum absolute atomic E-state index is 0.00235.